The second-order valence-corrected chi connectivity index (χ2v) is 14.5. The van der Waals surface area contributed by atoms with Gasteiger partial charge in [0.05, 0.1) is 0 Å². The zero-order valence-corrected chi connectivity index (χ0v) is 32.0. The third-order valence-corrected chi connectivity index (χ3v) is 9.80. The standard InChI is InChI=1S/C43H80N2O3/c1-3-5-7-9-11-13-15-16-17-18-19-20-21-22-23-25-27-29-31-33-39-48-42(45-43(47)44-40-35-37-41(46)38-36-40)34-32-30-28-26-24-14-12-10-8-6-4-2/h35-38,42,46H,3-34,39H2,1-2H3,(H2,44,45,47). The molecule has 1 atom stereocenters. The van der Waals surface area contributed by atoms with E-state index in [1.165, 1.54) is 186 Å². The molecule has 1 aromatic rings. The Hall–Kier alpha value is -1.75. The predicted octanol–water partition coefficient (Wildman–Crippen LogP) is 14.4. The Kier molecular flexibility index (Phi) is 32.4. The maximum absolute atomic E-state index is 12.7. The van der Waals surface area contributed by atoms with Crippen molar-refractivity contribution >= 4 is 11.7 Å². The normalized spacial score (nSPS) is 12.0. The quantitative estimate of drug-likeness (QED) is 0.0377. The molecule has 1 aromatic carbocycles. The van der Waals surface area contributed by atoms with Gasteiger partial charge in [0.15, 0.2) is 0 Å². The average molecular weight is 673 g/mol. The molecule has 0 saturated carbocycles. The van der Waals surface area contributed by atoms with Crippen molar-refractivity contribution in [2.45, 2.75) is 226 Å². The van der Waals surface area contributed by atoms with E-state index in [-0.39, 0.29) is 18.0 Å². The van der Waals surface area contributed by atoms with Gasteiger partial charge in [0, 0.05) is 12.3 Å². The van der Waals surface area contributed by atoms with Gasteiger partial charge >= 0.3 is 6.03 Å². The number of phenols is 1. The highest BCUT2D eigenvalue weighted by atomic mass is 16.5. The van der Waals surface area contributed by atoms with Gasteiger partial charge in [0.25, 0.3) is 0 Å². The molecule has 2 amide bonds. The number of aromatic hydroxyl groups is 1. The highest BCUT2D eigenvalue weighted by molar-refractivity contribution is 5.89. The van der Waals surface area contributed by atoms with E-state index in [9.17, 15) is 9.90 Å². The second-order valence-electron chi connectivity index (χ2n) is 14.5. The van der Waals surface area contributed by atoms with Crippen molar-refractivity contribution in [2.24, 2.45) is 0 Å². The first kappa shape index (κ1) is 44.3. The number of phenolic OH excluding ortho intramolecular Hbond substituents is 1. The lowest BCUT2D eigenvalue weighted by Crippen LogP contribution is -2.40. The maximum atomic E-state index is 12.7. The number of urea groups is 1. The van der Waals surface area contributed by atoms with Crippen molar-refractivity contribution in [3.05, 3.63) is 24.3 Å². The Morgan fingerprint density at radius 2 is 0.854 bits per heavy atom. The Morgan fingerprint density at radius 3 is 1.23 bits per heavy atom. The van der Waals surface area contributed by atoms with Gasteiger partial charge in [-0.05, 0) is 43.5 Å². The summed E-state index contributed by atoms with van der Waals surface area (Å²) < 4.78 is 6.19. The van der Waals surface area contributed by atoms with E-state index >= 15 is 0 Å². The summed E-state index contributed by atoms with van der Waals surface area (Å²) in [7, 11) is 0. The summed E-state index contributed by atoms with van der Waals surface area (Å²) in [5, 5.41) is 15.4. The van der Waals surface area contributed by atoms with E-state index in [0.29, 0.717) is 12.3 Å². The molecular formula is C43H80N2O3. The smallest absolute Gasteiger partial charge is 0.321 e. The van der Waals surface area contributed by atoms with Gasteiger partial charge in [-0.25, -0.2) is 4.79 Å². The number of carbonyl (C=O) groups excluding carboxylic acids is 1. The van der Waals surface area contributed by atoms with Gasteiger partial charge in [0.1, 0.15) is 12.0 Å². The number of anilines is 1. The van der Waals surface area contributed by atoms with Crippen LogP contribution >= 0.6 is 0 Å². The van der Waals surface area contributed by atoms with Crippen LogP contribution in [0.1, 0.15) is 219 Å². The molecule has 0 spiro atoms. The number of nitrogens with one attached hydrogen (secondary N) is 2. The van der Waals surface area contributed by atoms with Crippen LogP contribution in [0.5, 0.6) is 5.75 Å². The number of amides is 2. The van der Waals surface area contributed by atoms with Gasteiger partial charge in [-0.15, -0.1) is 0 Å². The van der Waals surface area contributed by atoms with Crippen LogP contribution in [0.15, 0.2) is 24.3 Å². The minimum Gasteiger partial charge on any atom is -0.508 e. The van der Waals surface area contributed by atoms with Gasteiger partial charge in [-0.1, -0.05) is 200 Å². The Morgan fingerprint density at radius 1 is 0.521 bits per heavy atom. The number of benzene rings is 1. The number of hydrogen-bond donors (Lipinski definition) is 3. The second kappa shape index (κ2) is 35.1. The van der Waals surface area contributed by atoms with Crippen LogP contribution in [-0.4, -0.2) is 24.0 Å². The SMILES string of the molecule is CCCCCCCCCCCCCCCCCCCCCCOC(CCCCCCCCCCCCC)NC(=O)Nc1ccc(O)cc1. The summed E-state index contributed by atoms with van der Waals surface area (Å²) in [6, 6.07) is 6.31. The Balaban J connectivity index is 2.07. The van der Waals surface area contributed by atoms with Crippen molar-refractivity contribution in [2.75, 3.05) is 11.9 Å². The molecule has 0 radical (unpaired) electrons. The predicted molar refractivity (Wildman–Crippen MR) is 209 cm³/mol. The van der Waals surface area contributed by atoms with Crippen LogP contribution in [0.2, 0.25) is 0 Å². The lowest BCUT2D eigenvalue weighted by atomic mass is 10.0. The molecule has 0 aromatic heterocycles. The van der Waals surface area contributed by atoms with Crippen molar-refractivity contribution in [3.8, 4) is 5.75 Å². The fraction of sp³-hybridized carbons (Fsp3) is 0.837. The number of unbranched alkanes of at least 4 members (excludes halogenated alkanes) is 29. The fourth-order valence-corrected chi connectivity index (χ4v) is 6.63. The zero-order chi connectivity index (χ0) is 34.6. The molecule has 1 rings (SSSR count). The number of rotatable bonds is 36. The summed E-state index contributed by atoms with van der Waals surface area (Å²) >= 11 is 0. The van der Waals surface area contributed by atoms with E-state index in [4.69, 9.17) is 4.74 Å². The molecule has 0 aliphatic heterocycles. The monoisotopic (exact) mass is 673 g/mol. The summed E-state index contributed by atoms with van der Waals surface area (Å²) in [5.41, 5.74) is 0.660. The molecule has 280 valence electrons. The molecule has 5 nitrogen and oxygen atoms in total. The minimum absolute atomic E-state index is 0.188. The lowest BCUT2D eigenvalue weighted by Gasteiger charge is -2.20. The summed E-state index contributed by atoms with van der Waals surface area (Å²) in [5.74, 6) is 0.188. The lowest BCUT2D eigenvalue weighted by molar-refractivity contribution is 0.0288. The first-order valence-electron chi connectivity index (χ1n) is 21.1. The number of ether oxygens (including phenoxy) is 1. The van der Waals surface area contributed by atoms with E-state index < -0.39 is 0 Å². The molecule has 48 heavy (non-hydrogen) atoms. The van der Waals surface area contributed by atoms with Crippen LogP contribution in [0, 0.1) is 0 Å². The summed E-state index contributed by atoms with van der Waals surface area (Å²) in [6.45, 7) is 5.26. The third kappa shape index (κ3) is 30.3. The van der Waals surface area contributed by atoms with Crippen molar-refractivity contribution in [1.29, 1.82) is 0 Å². The first-order valence-corrected chi connectivity index (χ1v) is 21.1. The van der Waals surface area contributed by atoms with Crippen LogP contribution in [-0.2, 0) is 4.74 Å². The molecule has 0 saturated heterocycles. The molecule has 5 heteroatoms. The van der Waals surface area contributed by atoms with Crippen molar-refractivity contribution < 1.29 is 14.6 Å². The largest absolute Gasteiger partial charge is 0.508 e. The van der Waals surface area contributed by atoms with E-state index in [1.54, 1.807) is 24.3 Å². The van der Waals surface area contributed by atoms with E-state index in [0.717, 1.165) is 19.3 Å². The minimum atomic E-state index is -0.263. The molecular weight excluding hydrogens is 592 g/mol. The van der Waals surface area contributed by atoms with Gasteiger partial charge in [0.2, 0.25) is 0 Å². The van der Waals surface area contributed by atoms with Crippen molar-refractivity contribution in [3.63, 3.8) is 0 Å². The van der Waals surface area contributed by atoms with Crippen LogP contribution in [0.3, 0.4) is 0 Å². The van der Waals surface area contributed by atoms with Gasteiger partial charge < -0.3 is 20.5 Å². The molecule has 0 bridgehead atoms. The molecule has 0 fully saturated rings. The van der Waals surface area contributed by atoms with Crippen molar-refractivity contribution in [1.82, 2.24) is 5.32 Å². The Bertz CT molecular complexity index is 800. The number of carbonyl (C=O) groups is 1. The fourth-order valence-electron chi connectivity index (χ4n) is 6.63. The summed E-state index contributed by atoms with van der Waals surface area (Å²) in [6.07, 6.45) is 42.6. The molecule has 0 aliphatic rings. The van der Waals surface area contributed by atoms with E-state index in [1.807, 2.05) is 0 Å². The topological polar surface area (TPSA) is 70.6 Å². The van der Waals surface area contributed by atoms with Gasteiger partial charge in [-0.3, -0.25) is 0 Å². The average Bonchev–Trinajstić information content (AvgIpc) is 3.08. The highest BCUT2D eigenvalue weighted by Crippen LogP contribution is 2.17. The zero-order valence-electron chi connectivity index (χ0n) is 32.0. The molecule has 1 unspecified atom stereocenters. The third-order valence-electron chi connectivity index (χ3n) is 9.80. The van der Waals surface area contributed by atoms with Crippen LogP contribution in [0.25, 0.3) is 0 Å². The van der Waals surface area contributed by atoms with Crippen LogP contribution in [0.4, 0.5) is 10.5 Å². The maximum Gasteiger partial charge on any atom is 0.321 e. The first-order chi connectivity index (χ1) is 23.7. The van der Waals surface area contributed by atoms with E-state index in [2.05, 4.69) is 24.5 Å². The van der Waals surface area contributed by atoms with Gasteiger partial charge in [-0.2, -0.15) is 0 Å². The Labute approximate surface area is 298 Å². The van der Waals surface area contributed by atoms with Crippen LogP contribution < -0.4 is 10.6 Å². The summed E-state index contributed by atoms with van der Waals surface area (Å²) in [4.78, 5) is 12.7. The molecule has 0 heterocycles. The number of hydrogen-bond acceptors (Lipinski definition) is 3. The molecule has 3 N–H and O–H groups in total. The highest BCUT2D eigenvalue weighted by Gasteiger charge is 2.13. The molecule has 0 aliphatic carbocycles.